The topological polar surface area (TPSA) is 88.1 Å². The molecule has 2 N–H and O–H groups in total. The van der Waals surface area contributed by atoms with Crippen LogP contribution in [0.3, 0.4) is 0 Å². The number of anilines is 1. The van der Waals surface area contributed by atoms with Gasteiger partial charge in [0.15, 0.2) is 0 Å². The van der Waals surface area contributed by atoms with Crippen molar-refractivity contribution in [1.29, 1.82) is 0 Å². The van der Waals surface area contributed by atoms with Crippen LogP contribution in [-0.2, 0) is 27.3 Å². The summed E-state index contributed by atoms with van der Waals surface area (Å²) in [5.41, 5.74) is 4.31. The first-order chi connectivity index (χ1) is 17.1. The molecule has 1 aliphatic carbocycles. The Morgan fingerprint density at radius 1 is 1.09 bits per heavy atom. The number of rotatable bonds is 6. The van der Waals surface area contributed by atoms with Crippen molar-refractivity contribution in [2.75, 3.05) is 18.5 Å². The van der Waals surface area contributed by atoms with Crippen LogP contribution in [0.5, 0.6) is 5.75 Å². The smallest absolute Gasteiger partial charge is 0.225 e. The molecular formula is C28H32N2O5. The van der Waals surface area contributed by atoms with Gasteiger partial charge in [-0.2, -0.15) is 0 Å². The SMILES string of the molecule is O=C(CC1CC1)Nc1ccc2c(c1)[C@@H]1C[C@H](CC(=O)N3CCc4ccccc4C3)O[C@@H](CO)[C@@H]1O2. The lowest BCUT2D eigenvalue weighted by Crippen LogP contribution is -2.48. The summed E-state index contributed by atoms with van der Waals surface area (Å²) in [6, 6.07) is 14.0. The molecule has 4 atom stereocenters. The van der Waals surface area contributed by atoms with Crippen LogP contribution in [-0.4, -0.2) is 53.3 Å². The van der Waals surface area contributed by atoms with Gasteiger partial charge in [0, 0.05) is 36.7 Å². The fourth-order valence-corrected chi connectivity index (χ4v) is 5.80. The highest BCUT2D eigenvalue weighted by atomic mass is 16.6. The third-order valence-corrected chi connectivity index (χ3v) is 7.84. The molecular weight excluding hydrogens is 444 g/mol. The Balaban J connectivity index is 1.14. The molecule has 4 aliphatic rings. The summed E-state index contributed by atoms with van der Waals surface area (Å²) in [7, 11) is 0. The van der Waals surface area contributed by atoms with E-state index in [4.69, 9.17) is 9.47 Å². The number of carbonyl (C=O) groups is 2. The van der Waals surface area contributed by atoms with E-state index in [1.165, 1.54) is 11.1 Å². The van der Waals surface area contributed by atoms with Crippen molar-refractivity contribution in [1.82, 2.24) is 4.90 Å². The molecule has 0 aromatic heterocycles. The van der Waals surface area contributed by atoms with Crippen LogP contribution in [0.1, 0.15) is 54.7 Å². The number of ether oxygens (including phenoxy) is 2. The summed E-state index contributed by atoms with van der Waals surface area (Å²) in [6.07, 6.45) is 3.58. The number of fused-ring (bicyclic) bond motifs is 4. The summed E-state index contributed by atoms with van der Waals surface area (Å²) in [5.74, 6) is 1.44. The molecule has 2 amide bonds. The third-order valence-electron chi connectivity index (χ3n) is 7.84. The van der Waals surface area contributed by atoms with E-state index in [1.54, 1.807) is 0 Å². The van der Waals surface area contributed by atoms with Crippen LogP contribution in [0.15, 0.2) is 42.5 Å². The fourth-order valence-electron chi connectivity index (χ4n) is 5.80. The molecule has 1 saturated heterocycles. The molecule has 6 rings (SSSR count). The molecule has 0 unspecified atom stereocenters. The van der Waals surface area contributed by atoms with E-state index in [2.05, 4.69) is 17.4 Å². The molecule has 3 heterocycles. The summed E-state index contributed by atoms with van der Waals surface area (Å²) in [5, 5.41) is 13.1. The second-order valence-electron chi connectivity index (χ2n) is 10.4. The zero-order valence-electron chi connectivity index (χ0n) is 19.8. The number of hydrogen-bond acceptors (Lipinski definition) is 5. The van der Waals surface area contributed by atoms with E-state index in [0.29, 0.717) is 31.8 Å². The largest absolute Gasteiger partial charge is 0.487 e. The average molecular weight is 477 g/mol. The van der Waals surface area contributed by atoms with Crippen molar-refractivity contribution in [3.8, 4) is 5.75 Å². The van der Waals surface area contributed by atoms with Crippen molar-refractivity contribution < 1.29 is 24.2 Å². The predicted octanol–water partition coefficient (Wildman–Crippen LogP) is 3.39. The van der Waals surface area contributed by atoms with E-state index in [0.717, 1.165) is 36.3 Å². The monoisotopic (exact) mass is 476 g/mol. The summed E-state index contributed by atoms with van der Waals surface area (Å²) in [4.78, 5) is 27.4. The first kappa shape index (κ1) is 22.6. The van der Waals surface area contributed by atoms with Gasteiger partial charge in [-0.05, 0) is 60.9 Å². The molecule has 7 heteroatoms. The molecule has 35 heavy (non-hydrogen) atoms. The van der Waals surface area contributed by atoms with Gasteiger partial charge in [-0.25, -0.2) is 0 Å². The van der Waals surface area contributed by atoms with E-state index < -0.39 is 6.10 Å². The number of aliphatic hydroxyl groups excluding tert-OH is 1. The van der Waals surface area contributed by atoms with E-state index in [9.17, 15) is 14.7 Å². The maximum absolute atomic E-state index is 13.2. The lowest BCUT2D eigenvalue weighted by atomic mass is 9.84. The highest BCUT2D eigenvalue weighted by Gasteiger charge is 2.46. The zero-order chi connectivity index (χ0) is 23.9. The Kier molecular flexibility index (Phi) is 5.98. The van der Waals surface area contributed by atoms with Gasteiger partial charge in [-0.1, -0.05) is 24.3 Å². The Morgan fingerprint density at radius 3 is 2.71 bits per heavy atom. The maximum atomic E-state index is 13.2. The highest BCUT2D eigenvalue weighted by Crippen LogP contribution is 2.47. The molecule has 3 aliphatic heterocycles. The lowest BCUT2D eigenvalue weighted by molar-refractivity contribution is -0.149. The van der Waals surface area contributed by atoms with Crippen molar-refractivity contribution in [2.45, 2.75) is 69.3 Å². The molecule has 2 aromatic carbocycles. The highest BCUT2D eigenvalue weighted by molar-refractivity contribution is 5.91. The van der Waals surface area contributed by atoms with Crippen molar-refractivity contribution in [3.05, 3.63) is 59.2 Å². The minimum Gasteiger partial charge on any atom is -0.487 e. The Bertz CT molecular complexity index is 1130. The van der Waals surface area contributed by atoms with Crippen molar-refractivity contribution in [2.24, 2.45) is 5.92 Å². The van der Waals surface area contributed by atoms with E-state index >= 15 is 0 Å². The molecule has 2 fully saturated rings. The van der Waals surface area contributed by atoms with Crippen molar-refractivity contribution in [3.63, 3.8) is 0 Å². The zero-order valence-corrected chi connectivity index (χ0v) is 19.8. The van der Waals surface area contributed by atoms with Crippen LogP contribution in [0.2, 0.25) is 0 Å². The molecule has 2 aromatic rings. The standard InChI is InChI=1S/C28H32N2O5/c31-16-25-28-23(22-12-20(7-8-24(22)35-28)29-26(32)11-17-5-6-17)13-21(34-25)14-27(33)30-10-9-18-3-1-2-4-19(18)15-30/h1-4,7-8,12,17,21,23,25,28,31H,5-6,9-11,13-16H2,(H,29,32)/t21-,23+,25+,28-/m1/s1. The Labute approximate surface area is 205 Å². The van der Waals surface area contributed by atoms with E-state index in [1.807, 2.05) is 35.2 Å². The number of aliphatic hydroxyl groups is 1. The minimum absolute atomic E-state index is 0.0102. The summed E-state index contributed by atoms with van der Waals surface area (Å²) in [6.45, 7) is 1.18. The van der Waals surface area contributed by atoms with Gasteiger partial charge in [-0.15, -0.1) is 0 Å². The van der Waals surface area contributed by atoms with Gasteiger partial charge in [0.05, 0.1) is 19.1 Å². The van der Waals surface area contributed by atoms with E-state index in [-0.39, 0.29) is 43.0 Å². The first-order valence-electron chi connectivity index (χ1n) is 12.8. The molecule has 0 radical (unpaired) electrons. The second kappa shape index (κ2) is 9.28. The number of benzene rings is 2. The lowest BCUT2D eigenvalue weighted by Gasteiger charge is -2.38. The minimum atomic E-state index is -0.492. The third kappa shape index (κ3) is 4.67. The van der Waals surface area contributed by atoms with Crippen LogP contribution < -0.4 is 10.1 Å². The van der Waals surface area contributed by atoms with Gasteiger partial charge in [0.25, 0.3) is 0 Å². The van der Waals surface area contributed by atoms with Crippen LogP contribution in [0, 0.1) is 5.92 Å². The first-order valence-corrected chi connectivity index (χ1v) is 12.8. The average Bonchev–Trinajstić information content (AvgIpc) is 3.61. The molecule has 7 nitrogen and oxygen atoms in total. The molecule has 1 saturated carbocycles. The van der Waals surface area contributed by atoms with Crippen LogP contribution >= 0.6 is 0 Å². The molecule has 0 bridgehead atoms. The van der Waals surface area contributed by atoms with Crippen LogP contribution in [0.25, 0.3) is 0 Å². The van der Waals surface area contributed by atoms with Gasteiger partial charge in [0.1, 0.15) is 18.0 Å². The Morgan fingerprint density at radius 2 is 1.91 bits per heavy atom. The summed E-state index contributed by atoms with van der Waals surface area (Å²) >= 11 is 0. The maximum Gasteiger partial charge on any atom is 0.225 e. The van der Waals surface area contributed by atoms with Gasteiger partial charge >= 0.3 is 0 Å². The van der Waals surface area contributed by atoms with Crippen LogP contribution in [0.4, 0.5) is 5.69 Å². The van der Waals surface area contributed by atoms with Gasteiger partial charge in [0.2, 0.25) is 11.8 Å². The number of carbonyl (C=O) groups excluding carboxylic acids is 2. The van der Waals surface area contributed by atoms with Crippen molar-refractivity contribution >= 4 is 17.5 Å². The fraction of sp³-hybridized carbons (Fsp3) is 0.500. The number of amides is 2. The molecule has 0 spiro atoms. The quantitative estimate of drug-likeness (QED) is 0.667. The normalized spacial score (nSPS) is 26.8. The molecule has 184 valence electrons. The van der Waals surface area contributed by atoms with Gasteiger partial charge in [-0.3, -0.25) is 9.59 Å². The number of hydrogen-bond donors (Lipinski definition) is 2. The number of nitrogens with zero attached hydrogens (tertiary/aromatic N) is 1. The number of nitrogens with one attached hydrogen (secondary N) is 1. The second-order valence-corrected chi connectivity index (χ2v) is 10.4. The Hall–Kier alpha value is -2.90. The predicted molar refractivity (Wildman–Crippen MR) is 130 cm³/mol. The van der Waals surface area contributed by atoms with Gasteiger partial charge < -0.3 is 24.8 Å². The summed E-state index contributed by atoms with van der Waals surface area (Å²) < 4.78 is 12.3.